The molecule has 0 heterocycles. The number of hydrogen-bond acceptors (Lipinski definition) is 4. The van der Waals surface area contributed by atoms with Crippen molar-refractivity contribution < 1.29 is 24.5 Å². The highest BCUT2D eigenvalue weighted by molar-refractivity contribution is 5.77. The fourth-order valence-corrected chi connectivity index (χ4v) is 3.53. The van der Waals surface area contributed by atoms with Crippen molar-refractivity contribution in [3.8, 4) is 0 Å². The van der Waals surface area contributed by atoms with Gasteiger partial charge in [0.15, 0.2) is 6.10 Å². The number of aliphatic hydroxyl groups is 1. The second-order valence-corrected chi connectivity index (χ2v) is 8.24. The molecule has 0 aliphatic heterocycles. The van der Waals surface area contributed by atoms with Crippen LogP contribution in [0.25, 0.3) is 0 Å². The molecular formula is C24H46O5. The molecular weight excluding hydrogens is 368 g/mol. The number of carbonyl (C=O) groups excluding carboxylic acids is 1. The van der Waals surface area contributed by atoms with Gasteiger partial charge in [0, 0.05) is 13.0 Å². The maximum absolute atomic E-state index is 11.9. The third-order valence-corrected chi connectivity index (χ3v) is 5.41. The first-order valence-corrected chi connectivity index (χ1v) is 12.1. The van der Waals surface area contributed by atoms with Crippen molar-refractivity contribution in [3.63, 3.8) is 0 Å². The minimum Gasteiger partial charge on any atom is -0.479 e. The van der Waals surface area contributed by atoms with Crippen LogP contribution in [0.2, 0.25) is 0 Å². The van der Waals surface area contributed by atoms with Crippen molar-refractivity contribution in [2.45, 2.75) is 135 Å². The Kier molecular flexibility index (Phi) is 20.8. The molecule has 0 radical (unpaired) electrons. The molecule has 0 amide bonds. The molecule has 5 heteroatoms. The molecule has 172 valence electrons. The molecule has 0 rings (SSSR count). The molecule has 1 unspecified atom stereocenters. The lowest BCUT2D eigenvalue weighted by molar-refractivity contribution is -0.164. The molecule has 0 spiro atoms. The molecule has 0 aromatic heterocycles. The summed E-state index contributed by atoms with van der Waals surface area (Å²) in [5.41, 5.74) is 0. The summed E-state index contributed by atoms with van der Waals surface area (Å²) in [6, 6.07) is 0. The van der Waals surface area contributed by atoms with Gasteiger partial charge >= 0.3 is 11.9 Å². The minimum absolute atomic E-state index is 0.290. The van der Waals surface area contributed by atoms with Gasteiger partial charge in [-0.15, -0.1) is 0 Å². The van der Waals surface area contributed by atoms with Crippen molar-refractivity contribution in [3.05, 3.63) is 0 Å². The minimum atomic E-state index is -1.03. The number of unbranched alkanes of at least 4 members (excludes halogenated alkanes) is 15. The molecule has 2 N–H and O–H groups in total. The summed E-state index contributed by atoms with van der Waals surface area (Å²) in [7, 11) is 0. The number of rotatable bonds is 22. The molecule has 0 saturated heterocycles. The van der Waals surface area contributed by atoms with Crippen LogP contribution in [0.15, 0.2) is 0 Å². The van der Waals surface area contributed by atoms with Crippen LogP contribution in [-0.2, 0) is 14.3 Å². The topological polar surface area (TPSA) is 83.8 Å². The first kappa shape index (κ1) is 27.9. The van der Waals surface area contributed by atoms with E-state index >= 15 is 0 Å². The quantitative estimate of drug-likeness (QED) is 0.158. The molecule has 0 aliphatic rings. The van der Waals surface area contributed by atoms with Crippen molar-refractivity contribution in [1.29, 1.82) is 0 Å². The van der Waals surface area contributed by atoms with Gasteiger partial charge in [-0.3, -0.25) is 4.79 Å². The Labute approximate surface area is 178 Å². The molecule has 0 bridgehead atoms. The molecule has 1 atom stereocenters. The van der Waals surface area contributed by atoms with Crippen LogP contribution in [0, 0.1) is 0 Å². The number of hydrogen-bond donors (Lipinski definition) is 2. The molecule has 0 saturated carbocycles. The van der Waals surface area contributed by atoms with E-state index in [9.17, 15) is 14.7 Å². The second kappa shape index (κ2) is 21.6. The average Bonchev–Trinajstić information content (AvgIpc) is 2.70. The van der Waals surface area contributed by atoms with Crippen LogP contribution >= 0.6 is 0 Å². The van der Waals surface area contributed by atoms with Gasteiger partial charge < -0.3 is 14.9 Å². The molecule has 0 aromatic rings. The lowest BCUT2D eigenvalue weighted by Crippen LogP contribution is -2.27. The molecule has 29 heavy (non-hydrogen) atoms. The number of carboxylic acid groups (broad SMARTS) is 1. The highest BCUT2D eigenvalue weighted by Gasteiger charge is 2.21. The summed E-state index contributed by atoms with van der Waals surface area (Å²) >= 11 is 0. The van der Waals surface area contributed by atoms with Crippen molar-refractivity contribution in [2.75, 3.05) is 6.61 Å². The molecule has 0 aromatic carbocycles. The Hall–Kier alpha value is -1.10. The molecule has 0 fully saturated rings. The Bertz CT molecular complexity index is 383. The summed E-state index contributed by atoms with van der Waals surface area (Å²) in [5.74, 6) is -1.40. The predicted molar refractivity (Wildman–Crippen MR) is 118 cm³/mol. The fraction of sp³-hybridized carbons (Fsp3) is 0.917. The van der Waals surface area contributed by atoms with Gasteiger partial charge in [-0.05, 0) is 25.7 Å². The number of aliphatic hydroxyl groups excluding tert-OH is 1. The Morgan fingerprint density at radius 2 is 1.14 bits per heavy atom. The zero-order valence-corrected chi connectivity index (χ0v) is 18.8. The summed E-state index contributed by atoms with van der Waals surface area (Å²) in [5, 5.41) is 18.0. The molecule has 0 aliphatic carbocycles. The van der Waals surface area contributed by atoms with E-state index in [4.69, 9.17) is 9.84 Å². The number of esters is 1. The lowest BCUT2D eigenvalue weighted by Gasteiger charge is -2.13. The van der Waals surface area contributed by atoms with Crippen LogP contribution in [0.3, 0.4) is 0 Å². The van der Waals surface area contributed by atoms with Gasteiger partial charge in [0.2, 0.25) is 0 Å². The Morgan fingerprint density at radius 1 is 0.690 bits per heavy atom. The zero-order valence-electron chi connectivity index (χ0n) is 18.8. The van der Waals surface area contributed by atoms with Gasteiger partial charge in [-0.2, -0.15) is 0 Å². The first-order valence-electron chi connectivity index (χ1n) is 12.1. The summed E-state index contributed by atoms with van der Waals surface area (Å²) in [6.07, 6.45) is 18.6. The van der Waals surface area contributed by atoms with Crippen LogP contribution in [-0.4, -0.2) is 34.9 Å². The summed E-state index contributed by atoms with van der Waals surface area (Å²) in [6.45, 7) is 2.50. The second-order valence-electron chi connectivity index (χ2n) is 8.24. The normalized spacial score (nSPS) is 12.1. The van der Waals surface area contributed by atoms with E-state index in [2.05, 4.69) is 6.92 Å². The van der Waals surface area contributed by atoms with Crippen LogP contribution in [0.1, 0.15) is 129 Å². The van der Waals surface area contributed by atoms with Gasteiger partial charge in [-0.1, -0.05) is 96.8 Å². The Balaban J connectivity index is 3.64. The fourth-order valence-electron chi connectivity index (χ4n) is 3.53. The maximum atomic E-state index is 11.9. The monoisotopic (exact) mass is 414 g/mol. The van der Waals surface area contributed by atoms with E-state index in [1.54, 1.807) is 0 Å². The lowest BCUT2D eigenvalue weighted by atomic mass is 10.1. The van der Waals surface area contributed by atoms with Crippen molar-refractivity contribution in [1.82, 2.24) is 0 Å². The van der Waals surface area contributed by atoms with Crippen molar-refractivity contribution >= 4 is 11.9 Å². The first-order chi connectivity index (χ1) is 14.1. The Morgan fingerprint density at radius 3 is 1.62 bits per heavy atom. The maximum Gasteiger partial charge on any atom is 0.345 e. The van der Waals surface area contributed by atoms with Crippen LogP contribution < -0.4 is 0 Å². The summed E-state index contributed by atoms with van der Waals surface area (Å²) < 4.78 is 5.20. The van der Waals surface area contributed by atoms with E-state index in [1.165, 1.54) is 57.8 Å². The van der Waals surface area contributed by atoms with Crippen LogP contribution in [0.5, 0.6) is 0 Å². The van der Waals surface area contributed by atoms with E-state index in [-0.39, 0.29) is 12.6 Å². The largest absolute Gasteiger partial charge is 0.479 e. The average molecular weight is 415 g/mol. The molecule has 5 nitrogen and oxygen atoms in total. The smallest absolute Gasteiger partial charge is 0.345 e. The summed E-state index contributed by atoms with van der Waals surface area (Å²) in [4.78, 5) is 23.2. The third-order valence-electron chi connectivity index (χ3n) is 5.41. The highest BCUT2D eigenvalue weighted by Crippen LogP contribution is 2.14. The third kappa shape index (κ3) is 20.0. The number of carbonyl (C=O) groups is 2. The number of aliphatic carboxylic acids is 1. The van der Waals surface area contributed by atoms with Gasteiger partial charge in [0.25, 0.3) is 0 Å². The van der Waals surface area contributed by atoms with E-state index in [1.807, 2.05) is 0 Å². The standard InChI is InChI=1S/C24H46O5/c1-2-3-4-5-6-10-13-16-19-22(24(27)28)29-23(26)20-17-14-11-8-7-9-12-15-18-21-25/h22,25H,2-21H2,1H3,(H,27,28). The zero-order chi connectivity index (χ0) is 21.6. The SMILES string of the molecule is CCCCCCCCCCC(OC(=O)CCCCCCCCCCCO)C(=O)O. The van der Waals surface area contributed by atoms with Gasteiger partial charge in [-0.25, -0.2) is 4.79 Å². The highest BCUT2D eigenvalue weighted by atomic mass is 16.6. The van der Waals surface area contributed by atoms with E-state index in [0.717, 1.165) is 51.4 Å². The van der Waals surface area contributed by atoms with Crippen LogP contribution in [0.4, 0.5) is 0 Å². The van der Waals surface area contributed by atoms with Gasteiger partial charge in [0.1, 0.15) is 0 Å². The predicted octanol–water partition coefficient (Wildman–Crippen LogP) is 6.41. The van der Waals surface area contributed by atoms with E-state index in [0.29, 0.717) is 12.8 Å². The van der Waals surface area contributed by atoms with Gasteiger partial charge in [0.05, 0.1) is 0 Å². The van der Waals surface area contributed by atoms with Crippen molar-refractivity contribution in [2.24, 2.45) is 0 Å². The number of carboxylic acids is 1. The number of ether oxygens (including phenoxy) is 1. The van der Waals surface area contributed by atoms with E-state index < -0.39 is 12.1 Å².